The summed E-state index contributed by atoms with van der Waals surface area (Å²) in [6, 6.07) is 0. The SMILES string of the molecule is CCC/C=C/C1=C(CC(=O)OCCOC(=O)CC2=C(/C=C/CCC)C(O)OC2=O)C(=O)OC1O. The van der Waals surface area contributed by atoms with Gasteiger partial charge in [-0.25, -0.2) is 9.59 Å². The number of hydrogen-bond acceptors (Lipinski definition) is 10. The Hall–Kier alpha value is -3.24. The van der Waals surface area contributed by atoms with Crippen LogP contribution in [-0.4, -0.2) is 59.9 Å². The Kier molecular flexibility index (Phi) is 10.7. The van der Waals surface area contributed by atoms with Crippen LogP contribution in [0.1, 0.15) is 52.4 Å². The lowest BCUT2D eigenvalue weighted by atomic mass is 10.1. The minimum Gasteiger partial charge on any atom is -0.462 e. The van der Waals surface area contributed by atoms with Crippen LogP contribution in [0, 0.1) is 0 Å². The summed E-state index contributed by atoms with van der Waals surface area (Å²) in [5.74, 6) is -3.11. The number of esters is 4. The highest BCUT2D eigenvalue weighted by atomic mass is 16.6. The van der Waals surface area contributed by atoms with Gasteiger partial charge in [-0.05, 0) is 12.8 Å². The summed E-state index contributed by atoms with van der Waals surface area (Å²) in [5, 5.41) is 19.7. The molecule has 186 valence electrons. The van der Waals surface area contributed by atoms with Crippen molar-refractivity contribution in [2.75, 3.05) is 13.2 Å². The zero-order valence-corrected chi connectivity index (χ0v) is 19.3. The first kappa shape index (κ1) is 27.0. The molecule has 2 rings (SSSR count). The fourth-order valence-electron chi connectivity index (χ4n) is 3.18. The second kappa shape index (κ2) is 13.5. The van der Waals surface area contributed by atoms with Gasteiger partial charge >= 0.3 is 23.9 Å². The van der Waals surface area contributed by atoms with E-state index in [0.29, 0.717) is 0 Å². The molecule has 2 N–H and O–H groups in total. The number of rotatable bonds is 13. The highest BCUT2D eigenvalue weighted by molar-refractivity contribution is 5.98. The fourth-order valence-corrected chi connectivity index (χ4v) is 3.18. The number of ether oxygens (including phenoxy) is 4. The molecule has 0 spiro atoms. The molecule has 2 atom stereocenters. The number of allylic oxidation sites excluding steroid dienone is 2. The smallest absolute Gasteiger partial charge is 0.337 e. The number of aliphatic hydroxyl groups is 2. The Balaban J connectivity index is 1.83. The van der Waals surface area contributed by atoms with E-state index in [1.54, 1.807) is 24.3 Å². The lowest BCUT2D eigenvalue weighted by Crippen LogP contribution is -2.16. The van der Waals surface area contributed by atoms with Gasteiger partial charge in [-0.3, -0.25) is 9.59 Å². The van der Waals surface area contributed by atoms with Gasteiger partial charge in [-0.1, -0.05) is 51.0 Å². The normalized spacial score (nSPS) is 20.5. The molecule has 0 aromatic carbocycles. The van der Waals surface area contributed by atoms with Crippen LogP contribution < -0.4 is 0 Å². The molecule has 0 amide bonds. The third-order valence-electron chi connectivity index (χ3n) is 4.92. The number of unbranched alkanes of at least 4 members (excludes halogenated alkanes) is 2. The fraction of sp³-hybridized carbons (Fsp3) is 0.500. The summed E-state index contributed by atoms with van der Waals surface area (Å²) in [4.78, 5) is 47.9. The third kappa shape index (κ3) is 7.67. The van der Waals surface area contributed by atoms with Crippen molar-refractivity contribution >= 4 is 23.9 Å². The van der Waals surface area contributed by atoms with Crippen LogP contribution in [0.4, 0.5) is 0 Å². The summed E-state index contributed by atoms with van der Waals surface area (Å²) in [6.45, 7) is 3.40. The lowest BCUT2D eigenvalue weighted by molar-refractivity contribution is -0.155. The minimum absolute atomic E-state index is 0.00995. The number of aliphatic hydroxyl groups excluding tert-OH is 2. The topological polar surface area (TPSA) is 146 Å². The summed E-state index contributed by atoms with van der Waals surface area (Å²) in [6.07, 6.45) is 6.19. The molecule has 2 heterocycles. The molecule has 0 fully saturated rings. The van der Waals surface area contributed by atoms with Gasteiger partial charge in [-0.2, -0.15) is 0 Å². The Morgan fingerprint density at radius 1 is 0.794 bits per heavy atom. The van der Waals surface area contributed by atoms with Crippen molar-refractivity contribution in [3.05, 3.63) is 46.6 Å². The van der Waals surface area contributed by atoms with E-state index >= 15 is 0 Å². The Labute approximate surface area is 197 Å². The van der Waals surface area contributed by atoms with Gasteiger partial charge in [0.05, 0.1) is 24.0 Å². The maximum atomic E-state index is 12.1. The van der Waals surface area contributed by atoms with Gasteiger partial charge in [0, 0.05) is 11.1 Å². The molecule has 2 unspecified atom stereocenters. The number of carbonyl (C=O) groups is 4. The zero-order chi connectivity index (χ0) is 25.1. The van der Waals surface area contributed by atoms with E-state index in [-0.39, 0.29) is 35.5 Å². The first-order valence-electron chi connectivity index (χ1n) is 11.2. The second-order valence-electron chi connectivity index (χ2n) is 7.56. The Morgan fingerprint density at radius 3 is 1.53 bits per heavy atom. The Morgan fingerprint density at radius 2 is 1.18 bits per heavy atom. The van der Waals surface area contributed by atoms with Crippen LogP contribution in [0.5, 0.6) is 0 Å². The molecule has 2 aliphatic heterocycles. The van der Waals surface area contributed by atoms with E-state index in [2.05, 4.69) is 0 Å². The highest BCUT2D eigenvalue weighted by Gasteiger charge is 2.34. The molecule has 0 aliphatic carbocycles. The molecular formula is C24H30O10. The zero-order valence-electron chi connectivity index (χ0n) is 19.3. The molecule has 0 radical (unpaired) electrons. The molecule has 0 aromatic rings. The van der Waals surface area contributed by atoms with Crippen molar-refractivity contribution in [3.8, 4) is 0 Å². The first-order chi connectivity index (χ1) is 16.3. The standard InChI is InChI=1S/C24H30O10/c1-3-5-7-9-15-17(23(29)33-21(15)27)13-19(25)31-11-12-32-20(26)14-18-16(10-8-6-4-2)22(28)34-24(18)30/h7-10,21-22,27-28H,3-6,11-14H2,1-2H3/b9-7+,10-8+. The van der Waals surface area contributed by atoms with Crippen LogP contribution in [0.25, 0.3) is 0 Å². The predicted octanol–water partition coefficient (Wildman–Crippen LogP) is 1.91. The molecule has 10 heteroatoms. The van der Waals surface area contributed by atoms with Crippen LogP contribution in [0.3, 0.4) is 0 Å². The maximum Gasteiger partial charge on any atom is 0.337 e. The van der Waals surface area contributed by atoms with E-state index in [1.807, 2.05) is 13.8 Å². The van der Waals surface area contributed by atoms with Crippen LogP contribution >= 0.6 is 0 Å². The number of carbonyl (C=O) groups excluding carboxylic acids is 4. The van der Waals surface area contributed by atoms with E-state index in [1.165, 1.54) is 0 Å². The van der Waals surface area contributed by atoms with E-state index in [4.69, 9.17) is 18.9 Å². The Bertz CT molecular complexity index is 835. The highest BCUT2D eigenvalue weighted by Crippen LogP contribution is 2.26. The molecule has 10 nitrogen and oxygen atoms in total. The average Bonchev–Trinajstić information content (AvgIpc) is 3.20. The molecule has 0 saturated carbocycles. The third-order valence-corrected chi connectivity index (χ3v) is 4.92. The van der Waals surface area contributed by atoms with Crippen molar-refractivity contribution in [3.63, 3.8) is 0 Å². The maximum absolute atomic E-state index is 12.1. The summed E-state index contributed by atoms with van der Waals surface area (Å²) >= 11 is 0. The molecular weight excluding hydrogens is 448 g/mol. The van der Waals surface area contributed by atoms with Crippen molar-refractivity contribution < 1.29 is 48.3 Å². The van der Waals surface area contributed by atoms with E-state index < -0.39 is 49.3 Å². The number of hydrogen-bond donors (Lipinski definition) is 2. The van der Waals surface area contributed by atoms with Crippen molar-refractivity contribution in [2.45, 2.75) is 65.0 Å². The molecule has 0 bridgehead atoms. The lowest BCUT2D eigenvalue weighted by Gasteiger charge is -2.07. The van der Waals surface area contributed by atoms with Gasteiger partial charge in [0.1, 0.15) is 13.2 Å². The molecule has 2 aliphatic rings. The van der Waals surface area contributed by atoms with Gasteiger partial charge in [0.25, 0.3) is 0 Å². The van der Waals surface area contributed by atoms with E-state index in [9.17, 15) is 29.4 Å². The largest absolute Gasteiger partial charge is 0.462 e. The van der Waals surface area contributed by atoms with Gasteiger partial charge in [0.15, 0.2) is 0 Å². The molecule has 34 heavy (non-hydrogen) atoms. The van der Waals surface area contributed by atoms with Crippen LogP contribution in [0.15, 0.2) is 46.6 Å². The second-order valence-corrected chi connectivity index (χ2v) is 7.56. The van der Waals surface area contributed by atoms with Crippen molar-refractivity contribution in [1.82, 2.24) is 0 Å². The monoisotopic (exact) mass is 478 g/mol. The first-order valence-corrected chi connectivity index (χ1v) is 11.2. The quantitative estimate of drug-likeness (QED) is 0.229. The van der Waals surface area contributed by atoms with Crippen molar-refractivity contribution in [2.24, 2.45) is 0 Å². The van der Waals surface area contributed by atoms with Crippen molar-refractivity contribution in [1.29, 1.82) is 0 Å². The van der Waals surface area contributed by atoms with E-state index in [0.717, 1.165) is 25.7 Å². The van der Waals surface area contributed by atoms with Gasteiger partial charge in [-0.15, -0.1) is 0 Å². The summed E-state index contributed by atoms with van der Waals surface area (Å²) in [7, 11) is 0. The molecule has 0 aromatic heterocycles. The predicted molar refractivity (Wildman–Crippen MR) is 117 cm³/mol. The number of cyclic esters (lactones) is 2. The van der Waals surface area contributed by atoms with Gasteiger partial charge in [0.2, 0.25) is 12.6 Å². The summed E-state index contributed by atoms with van der Waals surface area (Å²) < 4.78 is 19.5. The molecule has 0 saturated heterocycles. The van der Waals surface area contributed by atoms with Crippen LogP contribution in [-0.2, 0) is 38.1 Å². The van der Waals surface area contributed by atoms with Gasteiger partial charge < -0.3 is 29.2 Å². The van der Waals surface area contributed by atoms with Crippen LogP contribution in [0.2, 0.25) is 0 Å². The minimum atomic E-state index is -1.43. The summed E-state index contributed by atoms with van der Waals surface area (Å²) in [5.41, 5.74) is 0.445. The average molecular weight is 478 g/mol.